The van der Waals surface area contributed by atoms with Gasteiger partial charge in [0.05, 0.1) is 11.7 Å². The summed E-state index contributed by atoms with van der Waals surface area (Å²) in [6.07, 6.45) is -0.851. The molecule has 2 aromatic heterocycles. The second-order valence-electron chi connectivity index (χ2n) is 14.2. The first-order valence-electron chi connectivity index (χ1n) is 15.8. The summed E-state index contributed by atoms with van der Waals surface area (Å²) in [7, 11) is -1.24. The molecular formula is C35H47N5O4Si. The van der Waals surface area contributed by atoms with Crippen LogP contribution in [0.4, 0.5) is 4.79 Å². The minimum absolute atomic E-state index is 0.0935. The smallest absolute Gasteiger partial charge is 0.407 e. The van der Waals surface area contributed by atoms with E-state index in [-0.39, 0.29) is 11.5 Å². The topological polar surface area (TPSA) is 93.0 Å². The molecule has 1 N–H and O–H groups in total. The van der Waals surface area contributed by atoms with Crippen LogP contribution in [0.15, 0.2) is 66.7 Å². The van der Waals surface area contributed by atoms with Crippen LogP contribution in [0.3, 0.4) is 0 Å². The van der Waals surface area contributed by atoms with Gasteiger partial charge in [-0.1, -0.05) is 70.7 Å². The third kappa shape index (κ3) is 8.50. The Labute approximate surface area is 267 Å². The molecule has 1 amide bonds. The molecule has 1 fully saturated rings. The first kappa shape index (κ1) is 32.7. The number of piperazine rings is 1. The summed E-state index contributed by atoms with van der Waals surface area (Å²) in [6, 6.07) is 23.2. The van der Waals surface area contributed by atoms with Crippen LogP contribution in [0.2, 0.25) is 25.7 Å². The zero-order chi connectivity index (χ0) is 32.2. The average molecular weight is 630 g/mol. The van der Waals surface area contributed by atoms with Gasteiger partial charge in [0.1, 0.15) is 30.4 Å². The normalized spacial score (nSPS) is 16.3. The molecule has 5 rings (SSSR count). The van der Waals surface area contributed by atoms with Gasteiger partial charge in [-0.25, -0.2) is 14.8 Å². The fourth-order valence-corrected chi connectivity index (χ4v) is 6.39. The number of aromatic nitrogens is 3. The van der Waals surface area contributed by atoms with Crippen molar-refractivity contribution < 1.29 is 19.4 Å². The zero-order valence-electron chi connectivity index (χ0n) is 27.5. The van der Waals surface area contributed by atoms with Crippen molar-refractivity contribution in [2.75, 3.05) is 26.2 Å². The van der Waals surface area contributed by atoms with Crippen molar-refractivity contribution in [2.24, 2.45) is 5.41 Å². The van der Waals surface area contributed by atoms with Crippen LogP contribution in [0.1, 0.15) is 32.0 Å². The predicted octanol–water partition coefficient (Wildman–Crippen LogP) is 7.20. The number of amides is 1. The molecule has 2 aromatic carbocycles. The Balaban J connectivity index is 1.38. The first-order chi connectivity index (χ1) is 21.4. The van der Waals surface area contributed by atoms with E-state index in [4.69, 9.17) is 19.4 Å². The van der Waals surface area contributed by atoms with Crippen LogP contribution < -0.4 is 4.74 Å². The van der Waals surface area contributed by atoms with Gasteiger partial charge in [0.2, 0.25) is 0 Å². The molecule has 1 saturated heterocycles. The highest BCUT2D eigenvalue weighted by Crippen LogP contribution is 2.30. The predicted molar refractivity (Wildman–Crippen MR) is 181 cm³/mol. The number of ether oxygens (including phenoxy) is 2. The maximum Gasteiger partial charge on any atom is 0.407 e. The molecule has 0 bridgehead atoms. The number of carbonyl (C=O) groups is 1. The van der Waals surface area contributed by atoms with Gasteiger partial charge in [0.15, 0.2) is 5.65 Å². The SMILES string of the molecule is CC(C)(C)C1CN(Cc2ccc3nc(-c4ccc(OCc5ccccc5)cc4)n(COCC[Si](C)(C)C)c3n2)CCN1C(=O)O. The Morgan fingerprint density at radius 1 is 0.978 bits per heavy atom. The number of pyridine rings is 1. The van der Waals surface area contributed by atoms with Gasteiger partial charge in [-0.3, -0.25) is 9.47 Å². The van der Waals surface area contributed by atoms with Gasteiger partial charge >= 0.3 is 6.09 Å². The van der Waals surface area contributed by atoms with Crippen molar-refractivity contribution in [1.29, 1.82) is 0 Å². The van der Waals surface area contributed by atoms with Gasteiger partial charge in [0, 0.05) is 46.4 Å². The third-order valence-electron chi connectivity index (χ3n) is 8.32. The van der Waals surface area contributed by atoms with Gasteiger partial charge in [0.25, 0.3) is 0 Å². The average Bonchev–Trinajstić information content (AvgIpc) is 3.35. The summed E-state index contributed by atoms with van der Waals surface area (Å²) in [5.74, 6) is 1.61. The summed E-state index contributed by atoms with van der Waals surface area (Å²) in [6.45, 7) is 17.4. The van der Waals surface area contributed by atoms with E-state index in [1.165, 1.54) is 0 Å². The zero-order valence-corrected chi connectivity index (χ0v) is 28.5. The van der Waals surface area contributed by atoms with Gasteiger partial charge < -0.3 is 19.5 Å². The molecule has 1 aliphatic rings. The Morgan fingerprint density at radius 2 is 1.71 bits per heavy atom. The number of nitrogens with zero attached hydrogens (tertiary/aromatic N) is 5. The Hall–Kier alpha value is -3.73. The summed E-state index contributed by atoms with van der Waals surface area (Å²) in [4.78, 5) is 25.9. The second kappa shape index (κ2) is 13.7. The molecule has 0 spiro atoms. The van der Waals surface area contributed by atoms with E-state index in [1.807, 2.05) is 54.6 Å². The highest BCUT2D eigenvalue weighted by molar-refractivity contribution is 6.76. The van der Waals surface area contributed by atoms with Crippen molar-refractivity contribution in [3.05, 3.63) is 78.0 Å². The summed E-state index contributed by atoms with van der Waals surface area (Å²) < 4.78 is 14.3. The number of rotatable bonds is 11. The van der Waals surface area contributed by atoms with Crippen molar-refractivity contribution in [3.63, 3.8) is 0 Å². The molecule has 4 aromatic rings. The standard InChI is InChI=1S/C35H47N5O4Si/c1-35(2,3)31-23-38(18-19-39(31)34(41)42)22-28-14-17-30-33(36-28)40(25-43-20-21-45(4,5)6)32(37-30)27-12-15-29(16-13-27)44-24-26-10-8-7-9-11-26/h7-17,31H,18-25H2,1-6H3,(H,41,42). The van der Waals surface area contributed by atoms with Crippen LogP contribution in [0.25, 0.3) is 22.6 Å². The molecule has 10 heteroatoms. The lowest BCUT2D eigenvalue weighted by Gasteiger charge is -2.45. The molecule has 45 heavy (non-hydrogen) atoms. The molecule has 3 heterocycles. The van der Waals surface area contributed by atoms with Gasteiger partial charge in [-0.15, -0.1) is 0 Å². The Kier molecular flexibility index (Phi) is 9.96. The van der Waals surface area contributed by atoms with E-state index in [1.54, 1.807) is 4.90 Å². The summed E-state index contributed by atoms with van der Waals surface area (Å²) in [5, 5.41) is 9.78. The molecule has 0 aliphatic carbocycles. The quantitative estimate of drug-likeness (QED) is 0.139. The monoisotopic (exact) mass is 629 g/mol. The largest absolute Gasteiger partial charge is 0.489 e. The lowest BCUT2D eigenvalue weighted by atomic mass is 9.84. The molecule has 0 radical (unpaired) electrons. The second-order valence-corrected chi connectivity index (χ2v) is 19.9. The maximum atomic E-state index is 11.9. The number of carboxylic acid groups (broad SMARTS) is 1. The molecule has 1 aliphatic heterocycles. The van der Waals surface area contributed by atoms with E-state index in [0.717, 1.165) is 45.6 Å². The lowest BCUT2D eigenvalue weighted by Crippen LogP contribution is -2.59. The molecule has 9 nitrogen and oxygen atoms in total. The van der Waals surface area contributed by atoms with Crippen molar-refractivity contribution >= 4 is 25.3 Å². The first-order valence-corrected chi connectivity index (χ1v) is 19.5. The van der Waals surface area contributed by atoms with Crippen molar-refractivity contribution in [3.8, 4) is 17.1 Å². The molecular weight excluding hydrogens is 583 g/mol. The third-order valence-corrected chi connectivity index (χ3v) is 10.0. The van der Waals surface area contributed by atoms with E-state index in [9.17, 15) is 9.90 Å². The van der Waals surface area contributed by atoms with Crippen molar-refractivity contribution in [1.82, 2.24) is 24.3 Å². The molecule has 1 atom stereocenters. The highest BCUT2D eigenvalue weighted by atomic mass is 28.3. The van der Waals surface area contributed by atoms with Crippen LogP contribution in [0, 0.1) is 5.41 Å². The molecule has 0 saturated carbocycles. The fourth-order valence-electron chi connectivity index (χ4n) is 5.63. The molecule has 240 valence electrons. The lowest BCUT2D eigenvalue weighted by molar-refractivity contribution is 0.0186. The minimum atomic E-state index is -1.24. The number of fused-ring (bicyclic) bond motifs is 1. The van der Waals surface area contributed by atoms with Gasteiger partial charge in [-0.2, -0.15) is 0 Å². The van der Waals surface area contributed by atoms with Crippen LogP contribution in [-0.2, 0) is 24.6 Å². The van der Waals surface area contributed by atoms with E-state index < -0.39 is 14.2 Å². The minimum Gasteiger partial charge on any atom is -0.489 e. The Bertz CT molecular complexity index is 1580. The van der Waals surface area contributed by atoms with Crippen LogP contribution in [-0.4, -0.2) is 75.9 Å². The number of imidazole rings is 1. The summed E-state index contributed by atoms with van der Waals surface area (Å²) in [5.41, 5.74) is 4.45. The van der Waals surface area contributed by atoms with E-state index in [2.05, 4.69) is 62.0 Å². The highest BCUT2D eigenvalue weighted by Gasteiger charge is 2.38. The van der Waals surface area contributed by atoms with Crippen molar-refractivity contribution in [2.45, 2.75) is 72.4 Å². The number of benzene rings is 2. The van der Waals surface area contributed by atoms with E-state index >= 15 is 0 Å². The van der Waals surface area contributed by atoms with Crippen LogP contribution in [0.5, 0.6) is 5.75 Å². The fraction of sp³-hybridized carbons (Fsp3) is 0.457. The van der Waals surface area contributed by atoms with Crippen LogP contribution >= 0.6 is 0 Å². The number of hydrogen-bond donors (Lipinski definition) is 1. The van der Waals surface area contributed by atoms with E-state index in [0.29, 0.717) is 46.1 Å². The number of hydrogen-bond acceptors (Lipinski definition) is 6. The Morgan fingerprint density at radius 3 is 2.38 bits per heavy atom. The maximum absolute atomic E-state index is 11.9. The molecule has 1 unspecified atom stereocenters. The van der Waals surface area contributed by atoms with Gasteiger partial charge in [-0.05, 0) is 53.4 Å². The summed E-state index contributed by atoms with van der Waals surface area (Å²) >= 11 is 0.